The largest absolute Gasteiger partial charge is 0.481 e. The van der Waals surface area contributed by atoms with Gasteiger partial charge >= 0.3 is 11.9 Å². The molecular formula is C18H31N5O7S. The molecule has 31 heavy (non-hydrogen) atoms. The maximum atomic E-state index is 13.0. The predicted octanol–water partition coefficient (Wildman–Crippen LogP) is -2.11. The van der Waals surface area contributed by atoms with Crippen molar-refractivity contribution in [2.45, 2.75) is 62.7 Å². The van der Waals surface area contributed by atoms with Gasteiger partial charge in [0, 0.05) is 12.3 Å². The molecule has 1 fully saturated rings. The number of unbranched alkanes of at least 4 members (excludes halogenated alkanes) is 1. The summed E-state index contributed by atoms with van der Waals surface area (Å²) < 4.78 is 0. The number of amides is 3. The van der Waals surface area contributed by atoms with E-state index in [1.807, 2.05) is 0 Å². The minimum Gasteiger partial charge on any atom is -0.481 e. The summed E-state index contributed by atoms with van der Waals surface area (Å²) in [5, 5.41) is 23.0. The van der Waals surface area contributed by atoms with Crippen LogP contribution in [0.4, 0.5) is 0 Å². The van der Waals surface area contributed by atoms with Crippen molar-refractivity contribution < 1.29 is 34.2 Å². The standard InChI is InChI=1S/C18H31N5O7S/c19-6-2-1-4-11(17(28)23-7-3-5-13(23)18(29)30)21-16(27)12(9-31)22-15(26)10(20)8-14(24)25/h10-13,31H,1-9,19-20H2,(H,21,27)(H,22,26)(H,24,25)(H,29,30). The second-order valence-corrected chi connectivity index (χ2v) is 7.69. The Bertz CT molecular complexity index is 678. The smallest absolute Gasteiger partial charge is 0.326 e. The van der Waals surface area contributed by atoms with E-state index in [4.69, 9.17) is 16.6 Å². The molecule has 0 radical (unpaired) electrons. The van der Waals surface area contributed by atoms with Gasteiger partial charge in [-0.2, -0.15) is 12.6 Å². The third kappa shape index (κ3) is 8.34. The van der Waals surface area contributed by atoms with E-state index in [9.17, 15) is 29.1 Å². The Morgan fingerprint density at radius 2 is 1.71 bits per heavy atom. The van der Waals surface area contributed by atoms with Gasteiger partial charge in [-0.05, 0) is 38.6 Å². The molecule has 1 saturated heterocycles. The zero-order valence-corrected chi connectivity index (χ0v) is 18.1. The number of carboxylic acids is 2. The number of carboxylic acid groups (broad SMARTS) is 2. The second kappa shape index (κ2) is 13.1. The molecule has 176 valence electrons. The summed E-state index contributed by atoms with van der Waals surface area (Å²) in [6.07, 6.45) is 1.65. The first-order valence-corrected chi connectivity index (χ1v) is 10.7. The van der Waals surface area contributed by atoms with E-state index in [0.717, 1.165) is 0 Å². The Balaban J connectivity index is 2.87. The van der Waals surface area contributed by atoms with Gasteiger partial charge in [-0.25, -0.2) is 4.79 Å². The van der Waals surface area contributed by atoms with Crippen molar-refractivity contribution in [3.63, 3.8) is 0 Å². The van der Waals surface area contributed by atoms with Gasteiger partial charge in [-0.15, -0.1) is 0 Å². The fourth-order valence-electron chi connectivity index (χ4n) is 3.26. The van der Waals surface area contributed by atoms with E-state index >= 15 is 0 Å². The number of rotatable bonds is 13. The summed E-state index contributed by atoms with van der Waals surface area (Å²) in [4.78, 5) is 61.1. The Hall–Kier alpha value is -2.38. The normalized spacial score (nSPS) is 18.7. The van der Waals surface area contributed by atoms with Crippen LogP contribution in [-0.4, -0.2) is 87.8 Å². The fourth-order valence-corrected chi connectivity index (χ4v) is 3.52. The van der Waals surface area contributed by atoms with Crippen molar-refractivity contribution in [1.82, 2.24) is 15.5 Å². The first-order chi connectivity index (χ1) is 14.6. The molecule has 1 aliphatic heterocycles. The lowest BCUT2D eigenvalue weighted by Gasteiger charge is -2.28. The van der Waals surface area contributed by atoms with E-state index in [0.29, 0.717) is 32.2 Å². The van der Waals surface area contributed by atoms with E-state index < -0.39 is 60.2 Å². The Labute approximate surface area is 185 Å². The van der Waals surface area contributed by atoms with E-state index in [-0.39, 0.29) is 18.7 Å². The summed E-state index contributed by atoms with van der Waals surface area (Å²) >= 11 is 4.03. The van der Waals surface area contributed by atoms with E-state index in [1.165, 1.54) is 4.90 Å². The Morgan fingerprint density at radius 1 is 1.06 bits per heavy atom. The third-order valence-electron chi connectivity index (χ3n) is 4.93. The zero-order chi connectivity index (χ0) is 23.6. The van der Waals surface area contributed by atoms with Crippen molar-refractivity contribution in [3.05, 3.63) is 0 Å². The number of nitrogens with one attached hydrogen (secondary N) is 2. The molecule has 0 aromatic carbocycles. The molecule has 1 heterocycles. The molecule has 0 bridgehead atoms. The monoisotopic (exact) mass is 461 g/mol. The lowest BCUT2D eigenvalue weighted by molar-refractivity contribution is -0.149. The van der Waals surface area contributed by atoms with Crippen LogP contribution in [0.5, 0.6) is 0 Å². The van der Waals surface area contributed by atoms with Crippen LogP contribution in [0, 0.1) is 0 Å². The van der Waals surface area contributed by atoms with Crippen LogP contribution in [0.15, 0.2) is 0 Å². The number of carbonyl (C=O) groups is 5. The van der Waals surface area contributed by atoms with Gasteiger partial charge in [0.2, 0.25) is 17.7 Å². The van der Waals surface area contributed by atoms with Gasteiger partial charge in [0.15, 0.2) is 0 Å². The van der Waals surface area contributed by atoms with Gasteiger partial charge in [0.05, 0.1) is 12.5 Å². The number of hydrogen-bond donors (Lipinski definition) is 7. The first-order valence-electron chi connectivity index (χ1n) is 10.0. The van der Waals surface area contributed by atoms with Crippen LogP contribution in [0.3, 0.4) is 0 Å². The third-order valence-corrected chi connectivity index (χ3v) is 5.29. The summed E-state index contributed by atoms with van der Waals surface area (Å²) in [6, 6.07) is -4.45. The minimum atomic E-state index is -1.35. The highest BCUT2D eigenvalue weighted by atomic mass is 32.1. The van der Waals surface area contributed by atoms with Crippen LogP contribution >= 0.6 is 12.6 Å². The van der Waals surface area contributed by atoms with Crippen molar-refractivity contribution in [2.75, 3.05) is 18.8 Å². The Morgan fingerprint density at radius 3 is 2.26 bits per heavy atom. The molecule has 4 atom stereocenters. The molecule has 0 aliphatic carbocycles. The number of hydrogen-bond acceptors (Lipinski definition) is 8. The molecule has 0 aromatic rings. The number of carbonyl (C=O) groups excluding carboxylic acids is 3. The van der Waals surface area contributed by atoms with Crippen LogP contribution in [0.1, 0.15) is 38.5 Å². The highest BCUT2D eigenvalue weighted by molar-refractivity contribution is 7.80. The number of likely N-dealkylation sites (tertiary alicyclic amines) is 1. The number of nitrogens with two attached hydrogens (primary N) is 2. The summed E-state index contributed by atoms with van der Waals surface area (Å²) in [6.45, 7) is 0.670. The highest BCUT2D eigenvalue weighted by Gasteiger charge is 2.38. The van der Waals surface area contributed by atoms with E-state index in [2.05, 4.69) is 23.3 Å². The van der Waals surface area contributed by atoms with Crippen molar-refractivity contribution in [2.24, 2.45) is 11.5 Å². The molecule has 0 saturated carbocycles. The molecule has 12 nitrogen and oxygen atoms in total. The van der Waals surface area contributed by atoms with Gasteiger partial charge < -0.3 is 37.2 Å². The van der Waals surface area contributed by atoms with E-state index in [1.54, 1.807) is 0 Å². The van der Waals surface area contributed by atoms with Crippen molar-refractivity contribution in [3.8, 4) is 0 Å². The van der Waals surface area contributed by atoms with Crippen LogP contribution in [0.25, 0.3) is 0 Å². The summed E-state index contributed by atoms with van der Waals surface area (Å²) in [5.41, 5.74) is 11.0. The molecule has 3 amide bonds. The topological polar surface area (TPSA) is 205 Å². The molecule has 13 heteroatoms. The summed E-state index contributed by atoms with van der Waals surface area (Å²) in [5.74, 6) is -4.55. The zero-order valence-electron chi connectivity index (χ0n) is 17.2. The van der Waals surface area contributed by atoms with Crippen molar-refractivity contribution >= 4 is 42.3 Å². The van der Waals surface area contributed by atoms with Crippen LogP contribution in [0.2, 0.25) is 0 Å². The number of aliphatic carboxylic acids is 2. The lowest BCUT2D eigenvalue weighted by Crippen LogP contribution is -2.57. The lowest BCUT2D eigenvalue weighted by atomic mass is 10.1. The van der Waals surface area contributed by atoms with Gasteiger partial charge in [0.1, 0.15) is 18.1 Å². The molecular weight excluding hydrogens is 430 g/mol. The number of nitrogens with zero attached hydrogens (tertiary/aromatic N) is 1. The molecule has 0 spiro atoms. The molecule has 1 aliphatic rings. The van der Waals surface area contributed by atoms with Gasteiger partial charge in [-0.3, -0.25) is 19.2 Å². The van der Waals surface area contributed by atoms with Crippen LogP contribution in [-0.2, 0) is 24.0 Å². The maximum Gasteiger partial charge on any atom is 0.326 e. The molecule has 8 N–H and O–H groups in total. The minimum absolute atomic E-state index is 0.122. The SMILES string of the molecule is NCCCCC(NC(=O)C(CS)NC(=O)C(N)CC(=O)O)C(=O)N1CCCC1C(=O)O. The average Bonchev–Trinajstić information content (AvgIpc) is 3.20. The quantitative estimate of drug-likeness (QED) is 0.118. The fraction of sp³-hybridized carbons (Fsp3) is 0.722. The van der Waals surface area contributed by atoms with Gasteiger partial charge in [0.25, 0.3) is 0 Å². The predicted molar refractivity (Wildman–Crippen MR) is 113 cm³/mol. The Kier molecular flexibility index (Phi) is 11.3. The van der Waals surface area contributed by atoms with Gasteiger partial charge in [-0.1, -0.05) is 0 Å². The molecule has 4 unspecified atom stereocenters. The number of thiol groups is 1. The first kappa shape index (κ1) is 26.7. The molecule has 1 rings (SSSR count). The molecule has 0 aromatic heterocycles. The van der Waals surface area contributed by atoms with Crippen LogP contribution < -0.4 is 22.1 Å². The summed E-state index contributed by atoms with van der Waals surface area (Å²) in [7, 11) is 0. The maximum absolute atomic E-state index is 13.0. The highest BCUT2D eigenvalue weighted by Crippen LogP contribution is 2.20. The van der Waals surface area contributed by atoms with Crippen molar-refractivity contribution in [1.29, 1.82) is 0 Å². The average molecular weight is 462 g/mol. The second-order valence-electron chi connectivity index (χ2n) is 7.32.